The van der Waals surface area contributed by atoms with Gasteiger partial charge < -0.3 is 0 Å². The molecule has 0 heterocycles. The molecule has 0 atom stereocenters. The first-order chi connectivity index (χ1) is 1.91. The van der Waals surface area contributed by atoms with Crippen LogP contribution in [0, 0.1) is 0 Å². The molecule has 0 saturated carbocycles. The minimum atomic E-state index is 1.59. The summed E-state index contributed by atoms with van der Waals surface area (Å²) in [7, 11) is 1.59. The lowest BCUT2D eigenvalue weighted by molar-refractivity contribution is 2.69. The van der Waals surface area contributed by atoms with E-state index in [0.29, 0.717) is 0 Å². The van der Waals surface area contributed by atoms with Crippen LogP contribution in [-0.2, 0) is 0 Å². The highest BCUT2D eigenvalue weighted by atomic mass is 127. The molecule has 0 rings (SSSR count). The van der Waals surface area contributed by atoms with Crippen LogP contribution >= 0.6 is 30.1 Å². The van der Waals surface area contributed by atoms with Gasteiger partial charge in [0, 0.05) is 21.2 Å². The summed E-state index contributed by atoms with van der Waals surface area (Å²) < 4.78 is 0. The van der Waals surface area contributed by atoms with E-state index < -0.39 is 0 Å². The summed E-state index contributed by atoms with van der Waals surface area (Å²) in [5.41, 5.74) is 0. The third-order valence-electron chi connectivity index (χ3n) is 0.0630. The average molecular weight is 186 g/mol. The molecule has 24 valence electrons. The number of hydrogen-bond acceptors (Lipinski definition) is 1. The molecule has 0 aromatic rings. The summed E-state index contributed by atoms with van der Waals surface area (Å²) in [5, 5.41) is 1.78. The molecule has 0 aliphatic heterocycles. The van der Waals surface area contributed by atoms with E-state index in [-0.39, 0.29) is 0 Å². The van der Waals surface area contributed by atoms with E-state index in [2.05, 4.69) is 27.8 Å². The van der Waals surface area contributed by atoms with Crippen LogP contribution in [0.25, 0.3) is 0 Å². The lowest BCUT2D eigenvalue weighted by atomic mass is 11.3. The van der Waals surface area contributed by atoms with Gasteiger partial charge in [0.25, 0.3) is 0 Å². The summed E-state index contributed by atoms with van der Waals surface area (Å²) in [5.74, 6) is 0. The van der Waals surface area contributed by atoms with Crippen LogP contribution < -0.4 is 0 Å². The van der Waals surface area contributed by atoms with E-state index >= 15 is 0 Å². The van der Waals surface area contributed by atoms with Crippen LogP contribution in [0.15, 0.2) is 12.0 Å². The van der Waals surface area contributed by atoms with Crippen molar-refractivity contribution >= 4 is 30.1 Å². The Morgan fingerprint density at radius 3 is 2.25 bits per heavy atom. The highest BCUT2D eigenvalue weighted by Crippen LogP contribution is 2.08. The van der Waals surface area contributed by atoms with Crippen molar-refractivity contribution in [3.63, 3.8) is 0 Å². The fourth-order valence-corrected chi connectivity index (χ4v) is 0. The summed E-state index contributed by atoms with van der Waals surface area (Å²) in [6.07, 6.45) is 0. The van der Waals surface area contributed by atoms with E-state index in [1.165, 1.54) is 0 Å². The molecule has 0 radical (unpaired) electrons. The first-order valence-corrected chi connectivity index (χ1v) is 4.22. The quantitative estimate of drug-likeness (QED) is 0.565. The average Bonchev–Trinajstić information content (AvgIpc) is 1.37. The largest absolute Gasteiger partial charge is 0.0919 e. The summed E-state index contributed by atoms with van der Waals surface area (Å²) in [6.45, 7) is 3.43. The second-order valence-electron chi connectivity index (χ2n) is 0.256. The maximum absolute atomic E-state index is 3.43. The van der Waals surface area contributed by atoms with E-state index in [0.717, 1.165) is 0 Å². The minimum absolute atomic E-state index is 1.59. The number of halogens is 1. The van der Waals surface area contributed by atoms with Gasteiger partial charge >= 0.3 is 0 Å². The predicted molar refractivity (Wildman–Crippen MR) is 31.8 cm³/mol. The second kappa shape index (κ2) is 3.82. The van der Waals surface area contributed by atoms with E-state index in [9.17, 15) is 0 Å². The maximum atomic E-state index is 3.43. The summed E-state index contributed by atoms with van der Waals surface area (Å²) in [6, 6.07) is 0. The molecule has 0 aliphatic rings. The van der Waals surface area contributed by atoms with Crippen LogP contribution in [-0.4, -0.2) is 0 Å². The molecule has 0 spiro atoms. The molecule has 4 heavy (non-hydrogen) atoms. The monoisotopic (exact) mass is 186 g/mol. The van der Waals surface area contributed by atoms with Crippen molar-refractivity contribution in [3.05, 3.63) is 12.0 Å². The Hall–Kier alpha value is 0.820. The summed E-state index contributed by atoms with van der Waals surface area (Å²) in [4.78, 5) is 0. The van der Waals surface area contributed by atoms with E-state index in [1.54, 1.807) is 14.3 Å². The van der Waals surface area contributed by atoms with Gasteiger partial charge in [0.15, 0.2) is 0 Å². The maximum Gasteiger partial charge on any atom is 0.000755 e. The zero-order valence-corrected chi connectivity index (χ0v) is 5.04. The Kier molecular flexibility index (Phi) is 4.60. The first kappa shape index (κ1) is 4.82. The molecule has 0 nitrogen and oxygen atoms in total. The normalized spacial score (nSPS) is 6.25. The Morgan fingerprint density at radius 1 is 2.00 bits per heavy atom. The van der Waals surface area contributed by atoms with Gasteiger partial charge in [-0.1, -0.05) is 15.5 Å². The SMILES string of the molecule is C=CSI. The zero-order valence-electron chi connectivity index (χ0n) is 2.07. The van der Waals surface area contributed by atoms with E-state index in [1.807, 2.05) is 0 Å². The topological polar surface area (TPSA) is 0 Å². The second-order valence-corrected chi connectivity index (χ2v) is 2.29. The van der Waals surface area contributed by atoms with Crippen molar-refractivity contribution in [3.8, 4) is 0 Å². The lowest BCUT2D eigenvalue weighted by Gasteiger charge is -1.55. The molecule has 0 N–H and O–H groups in total. The molecular weight excluding hydrogens is 183 g/mol. The molecule has 0 saturated heterocycles. The molecule has 0 unspecified atom stereocenters. The van der Waals surface area contributed by atoms with Crippen LogP contribution in [0.1, 0.15) is 0 Å². The van der Waals surface area contributed by atoms with Gasteiger partial charge in [0.1, 0.15) is 0 Å². The highest BCUT2D eigenvalue weighted by Gasteiger charge is 1.47. The van der Waals surface area contributed by atoms with Crippen molar-refractivity contribution in [2.45, 2.75) is 0 Å². The number of rotatable bonds is 1. The van der Waals surface area contributed by atoms with Gasteiger partial charge in [0.2, 0.25) is 0 Å². The van der Waals surface area contributed by atoms with Crippen LogP contribution in [0.2, 0.25) is 0 Å². The fourth-order valence-electron chi connectivity index (χ4n) is 0. The Labute approximate surface area is 42.2 Å². The van der Waals surface area contributed by atoms with Crippen molar-refractivity contribution in [2.75, 3.05) is 0 Å². The van der Waals surface area contributed by atoms with Gasteiger partial charge in [-0.05, 0) is 5.41 Å². The van der Waals surface area contributed by atoms with Gasteiger partial charge in [-0.15, -0.1) is 0 Å². The standard InChI is InChI=1S/C2H3IS/c1-2-4-3/h2H,1H2. The molecule has 0 fully saturated rings. The molecule has 0 aromatic carbocycles. The van der Waals surface area contributed by atoms with Crippen molar-refractivity contribution in [2.24, 2.45) is 0 Å². The third-order valence-corrected chi connectivity index (χ3v) is 1.27. The lowest BCUT2D eigenvalue weighted by Crippen LogP contribution is -1.07. The van der Waals surface area contributed by atoms with Gasteiger partial charge in [-0.25, -0.2) is 0 Å². The Balaban J connectivity index is 2.30. The van der Waals surface area contributed by atoms with Crippen molar-refractivity contribution < 1.29 is 0 Å². The molecule has 0 amide bonds. The Bertz CT molecular complexity index is 20.0. The molecule has 0 bridgehead atoms. The first-order valence-electron chi connectivity index (χ1n) is 0.798. The fraction of sp³-hybridized carbons (Fsp3) is 0. The van der Waals surface area contributed by atoms with Crippen molar-refractivity contribution in [1.29, 1.82) is 0 Å². The van der Waals surface area contributed by atoms with Gasteiger partial charge in [-0.3, -0.25) is 0 Å². The van der Waals surface area contributed by atoms with Gasteiger partial charge in [0.05, 0.1) is 0 Å². The minimum Gasteiger partial charge on any atom is -0.0919 e. The van der Waals surface area contributed by atoms with E-state index in [4.69, 9.17) is 0 Å². The van der Waals surface area contributed by atoms with Crippen LogP contribution in [0.5, 0.6) is 0 Å². The van der Waals surface area contributed by atoms with Crippen molar-refractivity contribution in [1.82, 2.24) is 0 Å². The molecule has 2 heteroatoms. The number of hydrogen-bond donors (Lipinski definition) is 0. The predicted octanol–water partition coefficient (Wildman–Crippen LogP) is 2.21. The highest BCUT2D eigenvalue weighted by molar-refractivity contribution is 14.2. The Morgan fingerprint density at radius 2 is 2.25 bits per heavy atom. The van der Waals surface area contributed by atoms with Gasteiger partial charge in [-0.2, -0.15) is 0 Å². The van der Waals surface area contributed by atoms with Crippen LogP contribution in [0.3, 0.4) is 0 Å². The molecule has 0 aromatic heterocycles. The summed E-state index contributed by atoms with van der Waals surface area (Å²) >= 11 is 2.15. The molecule has 0 aliphatic carbocycles. The molecular formula is C2H3IS. The third kappa shape index (κ3) is 2.82. The van der Waals surface area contributed by atoms with Crippen LogP contribution in [0.4, 0.5) is 0 Å². The smallest absolute Gasteiger partial charge is 0.000755 e. The zero-order chi connectivity index (χ0) is 3.41.